The highest BCUT2D eigenvalue weighted by Crippen LogP contribution is 2.50. The van der Waals surface area contributed by atoms with Gasteiger partial charge in [-0.15, -0.1) is 0 Å². The predicted octanol–water partition coefficient (Wildman–Crippen LogP) is 6.25. The van der Waals surface area contributed by atoms with Gasteiger partial charge in [-0.25, -0.2) is 0 Å². The van der Waals surface area contributed by atoms with E-state index < -0.39 is 0 Å². The maximum atomic E-state index is 14.2. The highest BCUT2D eigenvalue weighted by molar-refractivity contribution is 6.18. The van der Waals surface area contributed by atoms with Gasteiger partial charge in [-0.1, -0.05) is 60.7 Å². The number of rotatable bonds is 5. The van der Waals surface area contributed by atoms with E-state index in [4.69, 9.17) is 14.2 Å². The fourth-order valence-corrected chi connectivity index (χ4v) is 4.92. The van der Waals surface area contributed by atoms with E-state index in [-0.39, 0.29) is 18.5 Å². The molecule has 2 aliphatic rings. The van der Waals surface area contributed by atoms with Crippen molar-refractivity contribution in [1.82, 2.24) is 0 Å². The molecule has 0 spiro atoms. The van der Waals surface area contributed by atoms with E-state index in [2.05, 4.69) is 24.3 Å². The number of carbonyl (C=O) groups is 1. The molecule has 6 rings (SSSR count). The first-order valence-corrected chi connectivity index (χ1v) is 11.2. The van der Waals surface area contributed by atoms with Crippen LogP contribution in [0.2, 0.25) is 0 Å². The van der Waals surface area contributed by atoms with Crippen molar-refractivity contribution < 1.29 is 19.0 Å². The quantitative estimate of drug-likeness (QED) is 0.340. The molecule has 1 unspecified atom stereocenters. The molecule has 0 fully saturated rings. The minimum Gasteiger partial charge on any atom is -0.497 e. The molecule has 1 aliphatic heterocycles. The molecule has 4 aromatic rings. The summed E-state index contributed by atoms with van der Waals surface area (Å²) < 4.78 is 16.5. The third kappa shape index (κ3) is 3.27. The number of hydrogen-bond acceptors (Lipinski definition) is 4. The van der Waals surface area contributed by atoms with E-state index >= 15 is 0 Å². The molecule has 4 aromatic carbocycles. The number of benzene rings is 4. The summed E-state index contributed by atoms with van der Waals surface area (Å²) in [4.78, 5) is 14.2. The SMILES string of the molecule is COc1ccc(C(=O)C2=C(c3ccccc3)c3ccccc3C2c2ccc3c(c2)OCO3)cc1. The molecule has 1 atom stereocenters. The van der Waals surface area contributed by atoms with Gasteiger partial charge < -0.3 is 14.2 Å². The van der Waals surface area contributed by atoms with Crippen LogP contribution in [0.5, 0.6) is 17.2 Å². The molecule has 4 heteroatoms. The number of carbonyl (C=O) groups excluding carboxylic acids is 1. The van der Waals surface area contributed by atoms with Crippen LogP contribution in [0.1, 0.15) is 38.5 Å². The van der Waals surface area contributed by atoms with Gasteiger partial charge in [0, 0.05) is 17.1 Å². The summed E-state index contributed by atoms with van der Waals surface area (Å²) >= 11 is 0. The second-order valence-electron chi connectivity index (χ2n) is 8.35. The highest BCUT2D eigenvalue weighted by Gasteiger charge is 2.37. The average Bonchev–Trinajstić information content (AvgIpc) is 3.51. The van der Waals surface area contributed by atoms with Gasteiger partial charge in [0.15, 0.2) is 17.3 Å². The van der Waals surface area contributed by atoms with Gasteiger partial charge in [-0.3, -0.25) is 4.79 Å². The van der Waals surface area contributed by atoms with E-state index in [0.717, 1.165) is 44.9 Å². The number of ether oxygens (including phenoxy) is 3. The minimum absolute atomic E-state index is 0.000345. The summed E-state index contributed by atoms with van der Waals surface area (Å²) in [6.07, 6.45) is 0. The number of hydrogen-bond donors (Lipinski definition) is 0. The van der Waals surface area contributed by atoms with Crippen molar-refractivity contribution in [3.05, 3.63) is 130 Å². The van der Waals surface area contributed by atoms with Crippen molar-refractivity contribution in [1.29, 1.82) is 0 Å². The van der Waals surface area contributed by atoms with Crippen LogP contribution in [-0.2, 0) is 0 Å². The molecule has 0 bridgehead atoms. The maximum absolute atomic E-state index is 14.2. The van der Waals surface area contributed by atoms with E-state index in [0.29, 0.717) is 11.3 Å². The Bertz CT molecular complexity index is 1420. The number of fused-ring (bicyclic) bond motifs is 2. The number of allylic oxidation sites excluding steroid dienone is 1. The molecule has 0 aromatic heterocycles. The zero-order valence-corrected chi connectivity index (χ0v) is 18.7. The smallest absolute Gasteiger partial charge is 0.231 e. The van der Waals surface area contributed by atoms with Crippen molar-refractivity contribution in [2.24, 2.45) is 0 Å². The van der Waals surface area contributed by atoms with Crippen molar-refractivity contribution in [2.75, 3.05) is 13.9 Å². The first-order valence-electron chi connectivity index (χ1n) is 11.2. The molecule has 4 nitrogen and oxygen atoms in total. The van der Waals surface area contributed by atoms with Crippen molar-refractivity contribution in [3.8, 4) is 17.2 Å². The Morgan fingerprint density at radius 3 is 2.35 bits per heavy atom. The molecule has 0 N–H and O–H groups in total. The van der Waals surface area contributed by atoms with Gasteiger partial charge in [0.25, 0.3) is 0 Å². The summed E-state index contributed by atoms with van der Waals surface area (Å²) in [6.45, 7) is 0.211. The van der Waals surface area contributed by atoms with Crippen LogP contribution >= 0.6 is 0 Å². The fraction of sp³-hybridized carbons (Fsp3) is 0.100. The van der Waals surface area contributed by atoms with Crippen LogP contribution in [-0.4, -0.2) is 19.7 Å². The van der Waals surface area contributed by atoms with Crippen LogP contribution in [0.4, 0.5) is 0 Å². The number of methoxy groups -OCH3 is 1. The average molecular weight is 447 g/mol. The maximum Gasteiger partial charge on any atom is 0.231 e. The third-order valence-electron chi connectivity index (χ3n) is 6.49. The largest absolute Gasteiger partial charge is 0.497 e. The predicted molar refractivity (Wildman–Crippen MR) is 131 cm³/mol. The standard InChI is InChI=1S/C30H22O4/c1-32-22-14-11-20(12-15-22)30(31)29-27(19-7-3-2-4-8-19)23-9-5-6-10-24(23)28(29)21-13-16-25-26(17-21)34-18-33-25/h2-17,28H,18H2,1H3. The lowest BCUT2D eigenvalue weighted by Crippen LogP contribution is -2.12. The molecule has 0 amide bonds. The Kier molecular flexibility index (Phi) is 4.92. The normalized spacial score (nSPS) is 15.9. The molecule has 1 heterocycles. The number of Topliss-reactive ketones (excluding diaryl/α,β-unsaturated/α-hetero) is 1. The van der Waals surface area contributed by atoms with Crippen LogP contribution < -0.4 is 14.2 Å². The van der Waals surface area contributed by atoms with Crippen LogP contribution in [0.3, 0.4) is 0 Å². The molecule has 0 radical (unpaired) electrons. The molecular formula is C30H22O4. The minimum atomic E-state index is -0.226. The Hall–Kier alpha value is -4.31. The third-order valence-corrected chi connectivity index (χ3v) is 6.49. The summed E-state index contributed by atoms with van der Waals surface area (Å²) in [5.74, 6) is 1.93. The van der Waals surface area contributed by atoms with Crippen LogP contribution in [0.25, 0.3) is 5.57 Å². The Morgan fingerprint density at radius 1 is 0.824 bits per heavy atom. The first-order chi connectivity index (χ1) is 16.7. The second-order valence-corrected chi connectivity index (χ2v) is 8.35. The Balaban J connectivity index is 1.59. The lowest BCUT2D eigenvalue weighted by Gasteiger charge is -2.18. The second kappa shape index (κ2) is 8.23. The Labute approximate surface area is 198 Å². The summed E-state index contributed by atoms with van der Waals surface area (Å²) in [6, 6.07) is 31.7. The van der Waals surface area contributed by atoms with Gasteiger partial charge in [-0.05, 0) is 64.2 Å². The topological polar surface area (TPSA) is 44.8 Å². The highest BCUT2D eigenvalue weighted by atomic mass is 16.7. The Morgan fingerprint density at radius 2 is 1.56 bits per heavy atom. The zero-order valence-electron chi connectivity index (χ0n) is 18.7. The van der Waals surface area contributed by atoms with Crippen molar-refractivity contribution in [2.45, 2.75) is 5.92 Å². The van der Waals surface area contributed by atoms with E-state index in [1.54, 1.807) is 7.11 Å². The van der Waals surface area contributed by atoms with E-state index in [1.165, 1.54) is 0 Å². The zero-order chi connectivity index (χ0) is 23.1. The molecular weight excluding hydrogens is 424 g/mol. The molecule has 0 saturated carbocycles. The van der Waals surface area contributed by atoms with Gasteiger partial charge in [-0.2, -0.15) is 0 Å². The molecule has 166 valence electrons. The van der Waals surface area contributed by atoms with Gasteiger partial charge >= 0.3 is 0 Å². The van der Waals surface area contributed by atoms with Crippen LogP contribution in [0.15, 0.2) is 103 Å². The van der Waals surface area contributed by atoms with Crippen molar-refractivity contribution >= 4 is 11.4 Å². The van der Waals surface area contributed by atoms with Gasteiger partial charge in [0.2, 0.25) is 6.79 Å². The van der Waals surface area contributed by atoms with E-state index in [1.807, 2.05) is 72.8 Å². The molecule has 1 aliphatic carbocycles. The van der Waals surface area contributed by atoms with Crippen LogP contribution in [0, 0.1) is 0 Å². The number of ketones is 1. The van der Waals surface area contributed by atoms with E-state index in [9.17, 15) is 4.79 Å². The summed E-state index contributed by atoms with van der Waals surface area (Å²) in [7, 11) is 1.62. The monoisotopic (exact) mass is 446 g/mol. The fourth-order valence-electron chi connectivity index (χ4n) is 4.92. The van der Waals surface area contributed by atoms with Gasteiger partial charge in [0.05, 0.1) is 7.11 Å². The molecule has 0 saturated heterocycles. The summed E-state index contributed by atoms with van der Waals surface area (Å²) in [5, 5.41) is 0. The lowest BCUT2D eigenvalue weighted by molar-refractivity contribution is 0.103. The molecule has 34 heavy (non-hydrogen) atoms. The van der Waals surface area contributed by atoms with Gasteiger partial charge in [0.1, 0.15) is 5.75 Å². The van der Waals surface area contributed by atoms with Crippen molar-refractivity contribution in [3.63, 3.8) is 0 Å². The lowest BCUT2D eigenvalue weighted by atomic mass is 9.84. The first kappa shape index (κ1) is 20.3. The summed E-state index contributed by atoms with van der Waals surface area (Å²) in [5.41, 5.74) is 6.57.